The van der Waals surface area contributed by atoms with Gasteiger partial charge in [0, 0.05) is 18.9 Å². The molecule has 0 saturated heterocycles. The molecule has 0 aliphatic heterocycles. The highest BCUT2D eigenvalue weighted by Gasteiger charge is 2.17. The molecule has 0 aromatic rings. The zero-order valence-electron chi connectivity index (χ0n) is 7.93. The van der Waals surface area contributed by atoms with E-state index in [1.165, 1.54) is 0 Å². The lowest BCUT2D eigenvalue weighted by atomic mass is 9.93. The second kappa shape index (κ2) is 7.69. The number of aliphatic hydroxyl groups excluding tert-OH is 1. The van der Waals surface area contributed by atoms with Crippen LogP contribution in [0.4, 0.5) is 0 Å². The van der Waals surface area contributed by atoms with Gasteiger partial charge in [-0.3, -0.25) is 10.1 Å². The summed E-state index contributed by atoms with van der Waals surface area (Å²) in [6.45, 7) is 0.0809. The van der Waals surface area contributed by atoms with E-state index >= 15 is 0 Å². The lowest BCUT2D eigenvalue weighted by Gasteiger charge is -2.18. The van der Waals surface area contributed by atoms with Crippen molar-refractivity contribution in [3.63, 3.8) is 0 Å². The summed E-state index contributed by atoms with van der Waals surface area (Å²) in [4.78, 5) is 14.3. The highest BCUT2D eigenvalue weighted by atomic mass is 17.1. The number of aliphatic hydroxyl groups is 1. The van der Waals surface area contributed by atoms with Crippen molar-refractivity contribution in [3.8, 4) is 0 Å². The minimum atomic E-state index is -0.915. The summed E-state index contributed by atoms with van der Waals surface area (Å²) in [7, 11) is 0. The summed E-state index contributed by atoms with van der Waals surface area (Å²) < 4.78 is 0. The first-order chi connectivity index (χ1) is 6.63. The lowest BCUT2D eigenvalue weighted by molar-refractivity contribution is -0.253. The van der Waals surface area contributed by atoms with E-state index in [1.54, 1.807) is 0 Å². The van der Waals surface area contributed by atoms with E-state index in [0.29, 0.717) is 6.42 Å². The maximum absolute atomic E-state index is 10.4. The average molecular weight is 207 g/mol. The zero-order chi connectivity index (χ0) is 11.0. The summed E-state index contributed by atoms with van der Waals surface area (Å²) in [6, 6.07) is 0. The fourth-order valence-corrected chi connectivity index (χ4v) is 1.28. The van der Waals surface area contributed by atoms with Gasteiger partial charge in [-0.15, -0.1) is 0 Å². The quantitative estimate of drug-likeness (QED) is 0.316. The fraction of sp³-hybridized carbons (Fsp3) is 0.875. The molecule has 84 valence electrons. The number of hydrogen-bond acceptors (Lipinski definition) is 5. The molecule has 0 aliphatic carbocycles. The van der Waals surface area contributed by atoms with Gasteiger partial charge in [0.05, 0.1) is 6.61 Å². The third kappa shape index (κ3) is 5.87. The average Bonchev–Trinajstić information content (AvgIpc) is 2.15. The molecular formula is C8H17NO5. The molecule has 5 N–H and O–H groups in total. The molecule has 0 aromatic heterocycles. The second-order valence-electron chi connectivity index (χ2n) is 3.28. The molecule has 0 bridgehead atoms. The Balaban J connectivity index is 3.93. The normalized spacial score (nSPS) is 15.1. The Hall–Kier alpha value is -0.690. The number of hydrogen-bond donors (Lipinski definition) is 4. The van der Waals surface area contributed by atoms with E-state index in [1.807, 2.05) is 0 Å². The van der Waals surface area contributed by atoms with Gasteiger partial charge in [0.1, 0.15) is 0 Å². The van der Waals surface area contributed by atoms with Gasteiger partial charge in [0.25, 0.3) is 0 Å². The number of aliphatic carboxylic acids is 1. The first kappa shape index (κ1) is 13.3. The maximum Gasteiger partial charge on any atom is 0.303 e. The van der Waals surface area contributed by atoms with E-state index in [-0.39, 0.29) is 38.0 Å². The summed E-state index contributed by atoms with van der Waals surface area (Å²) in [5, 5.41) is 25.6. The predicted octanol–water partition coefficient (Wildman–Crippen LogP) is -0.476. The van der Waals surface area contributed by atoms with Crippen LogP contribution in [0.2, 0.25) is 0 Å². The summed E-state index contributed by atoms with van der Waals surface area (Å²) in [5.41, 5.74) is 5.37. The molecule has 0 fully saturated rings. The Labute approximate surface area is 82.2 Å². The monoisotopic (exact) mass is 207 g/mol. The van der Waals surface area contributed by atoms with Crippen molar-refractivity contribution >= 4 is 5.97 Å². The largest absolute Gasteiger partial charge is 0.481 e. The summed E-state index contributed by atoms with van der Waals surface area (Å²) in [6.07, 6.45) is 0.401. The number of carbonyl (C=O) groups is 1. The molecule has 0 amide bonds. The Morgan fingerprint density at radius 3 is 2.43 bits per heavy atom. The van der Waals surface area contributed by atoms with Crippen molar-refractivity contribution in [3.05, 3.63) is 0 Å². The molecule has 6 heteroatoms. The van der Waals surface area contributed by atoms with Crippen LogP contribution in [0.5, 0.6) is 0 Å². The molecule has 0 aromatic carbocycles. The molecule has 0 radical (unpaired) electrons. The van der Waals surface area contributed by atoms with Crippen molar-refractivity contribution in [1.29, 1.82) is 0 Å². The molecule has 0 saturated carbocycles. The highest BCUT2D eigenvalue weighted by Crippen LogP contribution is 2.15. The summed E-state index contributed by atoms with van der Waals surface area (Å²) in [5.74, 6) is -1.38. The Morgan fingerprint density at radius 2 is 2.07 bits per heavy atom. The Morgan fingerprint density at radius 1 is 1.43 bits per heavy atom. The van der Waals surface area contributed by atoms with Crippen LogP contribution < -0.4 is 5.73 Å². The van der Waals surface area contributed by atoms with Gasteiger partial charge in [0.2, 0.25) is 0 Å². The van der Waals surface area contributed by atoms with Crippen LogP contribution in [0.3, 0.4) is 0 Å². The van der Waals surface area contributed by atoms with E-state index < -0.39 is 5.97 Å². The topological polar surface area (TPSA) is 113 Å². The van der Waals surface area contributed by atoms with Crippen LogP contribution in [-0.4, -0.2) is 41.2 Å². The molecule has 0 spiro atoms. The van der Waals surface area contributed by atoms with Gasteiger partial charge >= 0.3 is 5.97 Å². The third-order valence-corrected chi connectivity index (χ3v) is 2.03. The van der Waals surface area contributed by atoms with Crippen molar-refractivity contribution in [1.82, 2.24) is 0 Å². The lowest BCUT2D eigenvalue weighted by Crippen LogP contribution is -2.24. The first-order valence-electron chi connectivity index (χ1n) is 4.43. The minimum absolute atomic E-state index is 0.00732. The van der Waals surface area contributed by atoms with E-state index in [9.17, 15) is 4.79 Å². The predicted molar refractivity (Wildman–Crippen MR) is 48.6 cm³/mol. The third-order valence-electron chi connectivity index (χ3n) is 2.03. The molecule has 6 nitrogen and oxygen atoms in total. The van der Waals surface area contributed by atoms with Gasteiger partial charge < -0.3 is 15.9 Å². The van der Waals surface area contributed by atoms with Crippen molar-refractivity contribution in [2.24, 2.45) is 17.6 Å². The minimum Gasteiger partial charge on any atom is -0.481 e. The van der Waals surface area contributed by atoms with Crippen LogP contribution in [-0.2, 0) is 9.68 Å². The van der Waals surface area contributed by atoms with Crippen LogP contribution >= 0.6 is 0 Å². The van der Waals surface area contributed by atoms with E-state index in [0.717, 1.165) is 0 Å². The molecule has 14 heavy (non-hydrogen) atoms. The van der Waals surface area contributed by atoms with Crippen molar-refractivity contribution < 1.29 is 25.2 Å². The standard InChI is InChI=1S/C8H17NO5/c9-3-6(2-8(11)12)1-7(4-10)5-14-13/h6-7,10,13H,1-5,9H2,(H,11,12). The molecule has 0 aliphatic rings. The molecule has 2 unspecified atom stereocenters. The van der Waals surface area contributed by atoms with Gasteiger partial charge in [-0.2, -0.15) is 0 Å². The van der Waals surface area contributed by atoms with Gasteiger partial charge in [0.15, 0.2) is 0 Å². The van der Waals surface area contributed by atoms with Crippen LogP contribution in [0, 0.1) is 11.8 Å². The zero-order valence-corrected chi connectivity index (χ0v) is 7.93. The molecule has 0 heterocycles. The second-order valence-corrected chi connectivity index (χ2v) is 3.28. The molecular weight excluding hydrogens is 190 g/mol. The van der Waals surface area contributed by atoms with Crippen LogP contribution in [0.1, 0.15) is 12.8 Å². The maximum atomic E-state index is 10.4. The SMILES string of the molecule is NCC(CC(=O)O)CC(CO)COO. The highest BCUT2D eigenvalue weighted by molar-refractivity contribution is 5.67. The Kier molecular flexibility index (Phi) is 7.31. The van der Waals surface area contributed by atoms with Gasteiger partial charge in [-0.25, -0.2) is 4.89 Å². The summed E-state index contributed by atoms with van der Waals surface area (Å²) >= 11 is 0. The van der Waals surface area contributed by atoms with E-state index in [4.69, 9.17) is 21.2 Å². The molecule has 2 atom stereocenters. The fourth-order valence-electron chi connectivity index (χ4n) is 1.28. The number of carboxylic acids is 1. The Bertz CT molecular complexity index is 164. The number of carboxylic acid groups (broad SMARTS) is 1. The van der Waals surface area contributed by atoms with E-state index in [2.05, 4.69) is 4.89 Å². The van der Waals surface area contributed by atoms with Crippen molar-refractivity contribution in [2.45, 2.75) is 12.8 Å². The molecule has 0 rings (SSSR count). The van der Waals surface area contributed by atoms with Gasteiger partial charge in [-0.1, -0.05) is 0 Å². The number of rotatable bonds is 8. The smallest absolute Gasteiger partial charge is 0.303 e. The van der Waals surface area contributed by atoms with Gasteiger partial charge in [-0.05, 0) is 18.9 Å². The first-order valence-corrected chi connectivity index (χ1v) is 4.43. The number of nitrogens with two attached hydrogens (primary N) is 1. The van der Waals surface area contributed by atoms with Crippen LogP contribution in [0.25, 0.3) is 0 Å². The van der Waals surface area contributed by atoms with Crippen molar-refractivity contribution in [2.75, 3.05) is 19.8 Å². The van der Waals surface area contributed by atoms with Crippen LogP contribution in [0.15, 0.2) is 0 Å².